The number of methoxy groups -OCH3 is 1. The summed E-state index contributed by atoms with van der Waals surface area (Å²) in [6.45, 7) is 3.53. The predicted molar refractivity (Wildman–Crippen MR) is 59.8 cm³/mol. The minimum atomic E-state index is -0.476. The zero-order chi connectivity index (χ0) is 11.6. The third kappa shape index (κ3) is 2.55. The number of phenols is 1. The summed E-state index contributed by atoms with van der Waals surface area (Å²) in [7, 11) is 1.45. The number of phenolic OH excluding ortho intramolecular Hbond substituents is 1. The molecule has 1 rings (SSSR count). The van der Waals surface area contributed by atoms with E-state index >= 15 is 0 Å². The summed E-state index contributed by atoms with van der Waals surface area (Å²) in [6.07, 6.45) is -0.0307. The summed E-state index contributed by atoms with van der Waals surface area (Å²) in [4.78, 5) is 0. The first-order valence-electron chi connectivity index (χ1n) is 4.70. The highest BCUT2D eigenvalue weighted by atomic mass is 35.5. The van der Waals surface area contributed by atoms with E-state index < -0.39 is 6.10 Å². The van der Waals surface area contributed by atoms with Gasteiger partial charge in [-0.15, -0.1) is 0 Å². The third-order valence-corrected chi connectivity index (χ3v) is 2.63. The first-order valence-corrected chi connectivity index (χ1v) is 5.08. The van der Waals surface area contributed by atoms with Gasteiger partial charge in [0.1, 0.15) is 0 Å². The number of hydrogen-bond acceptors (Lipinski definition) is 3. The van der Waals surface area contributed by atoms with E-state index in [1.807, 2.05) is 6.92 Å². The minimum Gasteiger partial charge on any atom is -0.504 e. The van der Waals surface area contributed by atoms with Crippen LogP contribution in [0.1, 0.15) is 18.1 Å². The Morgan fingerprint density at radius 2 is 2.13 bits per heavy atom. The number of aliphatic hydroxyl groups is 1. The molecule has 4 heteroatoms. The van der Waals surface area contributed by atoms with Crippen LogP contribution in [-0.2, 0) is 6.42 Å². The highest BCUT2D eigenvalue weighted by molar-refractivity contribution is 6.33. The summed E-state index contributed by atoms with van der Waals surface area (Å²) in [5.74, 6) is 0.284. The molecule has 1 unspecified atom stereocenters. The maximum atomic E-state index is 9.56. The lowest BCUT2D eigenvalue weighted by atomic mass is 10.0. The number of aliphatic hydroxyl groups excluding tert-OH is 1. The van der Waals surface area contributed by atoms with Crippen LogP contribution in [0.4, 0.5) is 0 Å². The maximum Gasteiger partial charge on any atom is 0.179 e. The number of ether oxygens (including phenoxy) is 1. The Kier molecular flexibility index (Phi) is 3.83. The fraction of sp³-hybridized carbons (Fsp3) is 0.455. The first-order chi connectivity index (χ1) is 6.97. The van der Waals surface area contributed by atoms with Crippen molar-refractivity contribution in [1.82, 2.24) is 0 Å². The van der Waals surface area contributed by atoms with Crippen LogP contribution < -0.4 is 4.74 Å². The summed E-state index contributed by atoms with van der Waals surface area (Å²) in [5.41, 5.74) is 1.65. The molecule has 0 saturated heterocycles. The molecule has 84 valence electrons. The molecule has 0 aliphatic rings. The Labute approximate surface area is 94.3 Å². The molecule has 0 spiro atoms. The van der Waals surface area contributed by atoms with Crippen LogP contribution in [0.15, 0.2) is 6.07 Å². The smallest absolute Gasteiger partial charge is 0.179 e. The number of aryl methyl sites for hydroxylation is 1. The number of halogens is 1. The highest BCUT2D eigenvalue weighted by Crippen LogP contribution is 2.39. The summed E-state index contributed by atoms with van der Waals surface area (Å²) in [6, 6.07) is 1.59. The van der Waals surface area contributed by atoms with Crippen molar-refractivity contribution >= 4 is 11.6 Å². The van der Waals surface area contributed by atoms with Gasteiger partial charge < -0.3 is 14.9 Å². The van der Waals surface area contributed by atoms with Gasteiger partial charge in [0.05, 0.1) is 18.2 Å². The van der Waals surface area contributed by atoms with Gasteiger partial charge in [-0.05, 0) is 37.5 Å². The SMILES string of the molecule is COc1c(O)cc(C)c(CC(C)O)c1Cl. The van der Waals surface area contributed by atoms with Crippen LogP contribution in [0, 0.1) is 6.92 Å². The quantitative estimate of drug-likeness (QED) is 0.838. The Hall–Kier alpha value is -0.930. The molecule has 1 atom stereocenters. The second-order valence-electron chi connectivity index (χ2n) is 3.59. The van der Waals surface area contributed by atoms with Gasteiger partial charge >= 0.3 is 0 Å². The van der Waals surface area contributed by atoms with E-state index in [-0.39, 0.29) is 11.5 Å². The molecule has 0 fully saturated rings. The monoisotopic (exact) mass is 230 g/mol. The van der Waals surface area contributed by atoms with Crippen molar-refractivity contribution in [1.29, 1.82) is 0 Å². The maximum absolute atomic E-state index is 9.56. The topological polar surface area (TPSA) is 49.7 Å². The predicted octanol–water partition coefficient (Wildman–Crippen LogP) is 2.29. The second-order valence-corrected chi connectivity index (χ2v) is 3.97. The molecule has 1 aromatic carbocycles. The van der Waals surface area contributed by atoms with Crippen LogP contribution >= 0.6 is 11.6 Å². The average Bonchev–Trinajstić information content (AvgIpc) is 2.12. The average molecular weight is 231 g/mol. The van der Waals surface area contributed by atoms with E-state index in [0.717, 1.165) is 11.1 Å². The van der Waals surface area contributed by atoms with E-state index in [1.54, 1.807) is 13.0 Å². The molecule has 0 radical (unpaired) electrons. The summed E-state index contributed by atoms with van der Waals surface area (Å²) >= 11 is 6.07. The minimum absolute atomic E-state index is 0.0225. The lowest BCUT2D eigenvalue weighted by Crippen LogP contribution is -2.07. The molecule has 15 heavy (non-hydrogen) atoms. The second kappa shape index (κ2) is 4.73. The van der Waals surface area contributed by atoms with Crippen molar-refractivity contribution in [2.24, 2.45) is 0 Å². The van der Waals surface area contributed by atoms with Crippen molar-refractivity contribution < 1.29 is 14.9 Å². The first kappa shape index (κ1) is 12.1. The lowest BCUT2D eigenvalue weighted by Gasteiger charge is -2.14. The third-order valence-electron chi connectivity index (χ3n) is 2.23. The molecule has 1 aromatic rings. The molecule has 0 heterocycles. The largest absolute Gasteiger partial charge is 0.504 e. The zero-order valence-electron chi connectivity index (χ0n) is 9.04. The molecular weight excluding hydrogens is 216 g/mol. The van der Waals surface area contributed by atoms with Crippen LogP contribution in [0.3, 0.4) is 0 Å². The molecule has 0 aliphatic carbocycles. The Balaban J connectivity index is 3.26. The highest BCUT2D eigenvalue weighted by Gasteiger charge is 2.16. The van der Waals surface area contributed by atoms with Crippen molar-refractivity contribution in [3.05, 3.63) is 22.2 Å². The molecule has 0 saturated carbocycles. The van der Waals surface area contributed by atoms with Gasteiger partial charge in [-0.3, -0.25) is 0 Å². The van der Waals surface area contributed by atoms with Crippen molar-refractivity contribution in [3.8, 4) is 11.5 Å². The van der Waals surface area contributed by atoms with E-state index in [0.29, 0.717) is 11.4 Å². The van der Waals surface area contributed by atoms with Crippen molar-refractivity contribution in [3.63, 3.8) is 0 Å². The van der Waals surface area contributed by atoms with E-state index in [4.69, 9.17) is 16.3 Å². The molecule has 0 aliphatic heterocycles. The fourth-order valence-electron chi connectivity index (χ4n) is 1.52. The van der Waals surface area contributed by atoms with Crippen LogP contribution in [-0.4, -0.2) is 23.4 Å². The van der Waals surface area contributed by atoms with Gasteiger partial charge in [0.2, 0.25) is 0 Å². The van der Waals surface area contributed by atoms with Gasteiger partial charge in [-0.25, -0.2) is 0 Å². The van der Waals surface area contributed by atoms with Gasteiger partial charge in [0, 0.05) is 0 Å². The van der Waals surface area contributed by atoms with Gasteiger partial charge in [-0.1, -0.05) is 11.6 Å². The van der Waals surface area contributed by atoms with Gasteiger partial charge in [0.15, 0.2) is 11.5 Å². The van der Waals surface area contributed by atoms with Crippen molar-refractivity contribution in [2.75, 3.05) is 7.11 Å². The van der Waals surface area contributed by atoms with E-state index in [1.165, 1.54) is 7.11 Å². The normalized spacial score (nSPS) is 12.6. The van der Waals surface area contributed by atoms with E-state index in [9.17, 15) is 10.2 Å². The Bertz CT molecular complexity index is 361. The molecular formula is C11H15ClO3. The van der Waals surface area contributed by atoms with E-state index in [2.05, 4.69) is 0 Å². The Morgan fingerprint density at radius 3 is 2.60 bits per heavy atom. The van der Waals surface area contributed by atoms with Gasteiger partial charge in [0.25, 0.3) is 0 Å². The summed E-state index contributed by atoms with van der Waals surface area (Å²) in [5, 5.41) is 19.3. The number of rotatable bonds is 3. The number of benzene rings is 1. The molecule has 0 bridgehead atoms. The zero-order valence-corrected chi connectivity index (χ0v) is 9.80. The molecule has 0 amide bonds. The summed E-state index contributed by atoms with van der Waals surface area (Å²) < 4.78 is 4.99. The van der Waals surface area contributed by atoms with Crippen LogP contribution in [0.5, 0.6) is 11.5 Å². The standard InChI is InChI=1S/C11H15ClO3/c1-6-4-9(14)11(15-3)10(12)8(6)5-7(2)13/h4,7,13-14H,5H2,1-3H3. The number of aromatic hydroxyl groups is 1. The molecule has 2 N–H and O–H groups in total. The van der Waals surface area contributed by atoms with Crippen LogP contribution in [0.2, 0.25) is 5.02 Å². The van der Waals surface area contributed by atoms with Crippen molar-refractivity contribution in [2.45, 2.75) is 26.4 Å². The Morgan fingerprint density at radius 1 is 1.53 bits per heavy atom. The lowest BCUT2D eigenvalue weighted by molar-refractivity contribution is 0.195. The molecule has 0 aromatic heterocycles. The van der Waals surface area contributed by atoms with Crippen LogP contribution in [0.25, 0.3) is 0 Å². The fourth-order valence-corrected chi connectivity index (χ4v) is 1.92. The van der Waals surface area contributed by atoms with Gasteiger partial charge in [-0.2, -0.15) is 0 Å². The number of hydrogen-bond donors (Lipinski definition) is 2. The molecule has 3 nitrogen and oxygen atoms in total.